The number of hydrogen-bond donors (Lipinski definition) is 2. The number of nitrogens with zero attached hydrogens (tertiary/aromatic N) is 1. The van der Waals surface area contributed by atoms with Crippen molar-refractivity contribution in [3.63, 3.8) is 0 Å². The second-order valence-electron chi connectivity index (χ2n) is 5.60. The molecule has 0 spiro atoms. The van der Waals surface area contributed by atoms with Gasteiger partial charge in [-0.05, 0) is 24.2 Å². The minimum absolute atomic E-state index is 0.117. The van der Waals surface area contributed by atoms with Gasteiger partial charge in [-0.25, -0.2) is 13.1 Å². The van der Waals surface area contributed by atoms with Crippen molar-refractivity contribution in [3.05, 3.63) is 69.8 Å². The van der Waals surface area contributed by atoms with Crippen LogP contribution in [0.15, 0.2) is 48.5 Å². The van der Waals surface area contributed by atoms with Gasteiger partial charge in [0.15, 0.2) is 6.61 Å². The third-order valence-electron chi connectivity index (χ3n) is 3.58. The first kappa shape index (κ1) is 20.3. The molecule has 2 aromatic carbocycles. The molecule has 144 valence electrons. The number of nitrogens with one attached hydrogen (secondary N) is 2. The van der Waals surface area contributed by atoms with Crippen LogP contribution < -0.4 is 14.8 Å². The Labute approximate surface area is 156 Å². The number of nitro benzene ring substituents is 1. The average Bonchev–Trinajstić information content (AvgIpc) is 2.65. The fourth-order valence-corrected chi connectivity index (χ4v) is 2.91. The summed E-state index contributed by atoms with van der Waals surface area (Å²) in [6.07, 6.45) is 0. The van der Waals surface area contributed by atoms with Gasteiger partial charge in [-0.3, -0.25) is 14.9 Å². The summed E-state index contributed by atoms with van der Waals surface area (Å²) < 4.78 is 30.5. The molecule has 0 saturated carbocycles. The molecule has 0 radical (unpaired) electrons. The van der Waals surface area contributed by atoms with Gasteiger partial charge in [-0.2, -0.15) is 0 Å². The molecule has 0 atom stereocenters. The number of carbonyl (C=O) groups is 1. The number of carbonyl (C=O) groups excluding carboxylic acids is 1. The number of amides is 1. The maximum Gasteiger partial charge on any atom is 0.273 e. The smallest absolute Gasteiger partial charge is 0.273 e. The minimum Gasteiger partial charge on any atom is -0.484 e. The molecule has 1 amide bonds. The van der Waals surface area contributed by atoms with E-state index in [1.165, 1.54) is 31.3 Å². The Morgan fingerprint density at radius 1 is 1.15 bits per heavy atom. The Hall–Kier alpha value is -2.98. The highest BCUT2D eigenvalue weighted by atomic mass is 32.2. The van der Waals surface area contributed by atoms with Crippen LogP contribution in [0.1, 0.15) is 11.1 Å². The second kappa shape index (κ2) is 9.10. The Kier molecular flexibility index (Phi) is 6.85. The van der Waals surface area contributed by atoms with E-state index in [2.05, 4.69) is 10.0 Å². The van der Waals surface area contributed by atoms with Crippen LogP contribution in [0.2, 0.25) is 0 Å². The minimum atomic E-state index is -3.33. The average molecular weight is 393 g/mol. The molecule has 0 fully saturated rings. The van der Waals surface area contributed by atoms with E-state index < -0.39 is 14.9 Å². The van der Waals surface area contributed by atoms with E-state index in [0.29, 0.717) is 5.56 Å². The van der Waals surface area contributed by atoms with E-state index in [1.54, 1.807) is 24.3 Å². The predicted octanol–water partition coefficient (Wildman–Crippen LogP) is 1.34. The number of ether oxygens (including phenoxy) is 1. The van der Waals surface area contributed by atoms with Crippen LogP contribution in [-0.2, 0) is 27.1 Å². The summed E-state index contributed by atoms with van der Waals surface area (Å²) in [6, 6.07) is 12.4. The third kappa shape index (κ3) is 6.68. The fraction of sp³-hybridized carbons (Fsp3) is 0.235. The topological polar surface area (TPSA) is 128 Å². The number of non-ortho nitro benzene ring substituents is 1. The Morgan fingerprint density at radius 2 is 1.81 bits per heavy atom. The number of rotatable bonds is 9. The van der Waals surface area contributed by atoms with E-state index in [1.807, 2.05) is 0 Å². The third-order valence-corrected chi connectivity index (χ3v) is 4.91. The highest BCUT2D eigenvalue weighted by Gasteiger charge is 2.10. The highest BCUT2D eigenvalue weighted by molar-refractivity contribution is 7.88. The Morgan fingerprint density at radius 3 is 2.44 bits per heavy atom. The van der Waals surface area contributed by atoms with Crippen molar-refractivity contribution >= 4 is 21.6 Å². The summed E-state index contributed by atoms with van der Waals surface area (Å²) in [6.45, 7) is -0.0319. The molecular formula is C17H19N3O6S. The van der Waals surface area contributed by atoms with Crippen molar-refractivity contribution < 1.29 is 22.9 Å². The van der Waals surface area contributed by atoms with Crippen LogP contribution >= 0.6 is 0 Å². The fourth-order valence-electron chi connectivity index (χ4n) is 2.13. The van der Waals surface area contributed by atoms with Crippen LogP contribution in [0.3, 0.4) is 0 Å². The van der Waals surface area contributed by atoms with Gasteiger partial charge in [-0.1, -0.05) is 30.3 Å². The first-order chi connectivity index (χ1) is 12.8. The normalized spacial score (nSPS) is 11.0. The Balaban J connectivity index is 1.81. The van der Waals surface area contributed by atoms with E-state index in [-0.39, 0.29) is 36.2 Å². The molecule has 0 heterocycles. The molecular weight excluding hydrogens is 374 g/mol. The Bertz CT molecular complexity index is 913. The lowest BCUT2D eigenvalue weighted by molar-refractivity contribution is -0.384. The molecule has 2 N–H and O–H groups in total. The summed E-state index contributed by atoms with van der Waals surface area (Å²) in [4.78, 5) is 22.0. The van der Waals surface area contributed by atoms with Crippen molar-refractivity contribution in [2.75, 3.05) is 13.7 Å². The summed E-state index contributed by atoms with van der Waals surface area (Å²) in [5.74, 6) is -0.273. The molecule has 0 saturated heterocycles. The molecule has 10 heteroatoms. The van der Waals surface area contributed by atoms with Crippen LogP contribution in [0.25, 0.3) is 0 Å². The zero-order chi connectivity index (χ0) is 19.9. The van der Waals surface area contributed by atoms with E-state index in [9.17, 15) is 23.3 Å². The van der Waals surface area contributed by atoms with Crippen LogP contribution in [-0.4, -0.2) is 32.9 Å². The molecule has 0 aliphatic heterocycles. The first-order valence-electron chi connectivity index (χ1n) is 7.92. The monoisotopic (exact) mass is 393 g/mol. The van der Waals surface area contributed by atoms with Crippen molar-refractivity contribution in [1.82, 2.24) is 10.0 Å². The van der Waals surface area contributed by atoms with Crippen LogP contribution in [0, 0.1) is 10.1 Å². The van der Waals surface area contributed by atoms with Crippen molar-refractivity contribution in [2.45, 2.75) is 12.3 Å². The van der Waals surface area contributed by atoms with Gasteiger partial charge in [0.2, 0.25) is 10.0 Å². The number of hydrogen-bond acceptors (Lipinski definition) is 6. The second-order valence-corrected chi connectivity index (χ2v) is 7.53. The van der Waals surface area contributed by atoms with Crippen molar-refractivity contribution in [3.8, 4) is 5.75 Å². The largest absolute Gasteiger partial charge is 0.484 e. The number of benzene rings is 2. The first-order valence-corrected chi connectivity index (χ1v) is 9.57. The zero-order valence-corrected chi connectivity index (χ0v) is 15.4. The summed E-state index contributed by atoms with van der Waals surface area (Å²) in [5, 5.41) is 13.4. The standard InChI is InChI=1S/C17H19N3O6S/c1-18-27(24,25)12-14-7-5-13(6-8-14)10-19-17(21)11-26-16-4-2-3-15(9-16)20(22)23/h2-9,18H,10-12H2,1H3,(H,19,21). The summed E-state index contributed by atoms with van der Waals surface area (Å²) in [7, 11) is -1.98. The van der Waals surface area contributed by atoms with Gasteiger partial charge in [0, 0.05) is 12.6 Å². The molecule has 0 aliphatic carbocycles. The maximum atomic E-state index is 11.8. The van der Waals surface area contributed by atoms with E-state index >= 15 is 0 Å². The van der Waals surface area contributed by atoms with Crippen molar-refractivity contribution in [1.29, 1.82) is 0 Å². The van der Waals surface area contributed by atoms with Gasteiger partial charge < -0.3 is 10.1 Å². The lowest BCUT2D eigenvalue weighted by Crippen LogP contribution is -2.28. The van der Waals surface area contributed by atoms with Crippen LogP contribution in [0.5, 0.6) is 5.75 Å². The molecule has 27 heavy (non-hydrogen) atoms. The molecule has 9 nitrogen and oxygen atoms in total. The maximum absolute atomic E-state index is 11.8. The van der Waals surface area contributed by atoms with Gasteiger partial charge in [-0.15, -0.1) is 0 Å². The zero-order valence-electron chi connectivity index (χ0n) is 14.5. The van der Waals surface area contributed by atoms with Gasteiger partial charge >= 0.3 is 0 Å². The van der Waals surface area contributed by atoms with E-state index in [0.717, 1.165) is 5.56 Å². The predicted molar refractivity (Wildman–Crippen MR) is 98.6 cm³/mol. The number of nitro groups is 1. The lowest BCUT2D eigenvalue weighted by Gasteiger charge is -2.08. The number of sulfonamides is 1. The molecule has 0 unspecified atom stereocenters. The SMILES string of the molecule is CNS(=O)(=O)Cc1ccc(CNC(=O)COc2cccc([N+](=O)[O-])c2)cc1. The van der Waals surface area contributed by atoms with Gasteiger partial charge in [0.1, 0.15) is 5.75 Å². The quantitative estimate of drug-likeness (QED) is 0.489. The van der Waals surface area contributed by atoms with E-state index in [4.69, 9.17) is 4.74 Å². The lowest BCUT2D eigenvalue weighted by atomic mass is 10.1. The van der Waals surface area contributed by atoms with Gasteiger partial charge in [0.05, 0.1) is 16.7 Å². The molecule has 2 rings (SSSR count). The van der Waals surface area contributed by atoms with Gasteiger partial charge in [0.25, 0.3) is 11.6 Å². The molecule has 0 bridgehead atoms. The molecule has 0 aliphatic rings. The van der Waals surface area contributed by atoms with Crippen molar-refractivity contribution in [2.24, 2.45) is 0 Å². The van der Waals surface area contributed by atoms with Crippen LogP contribution in [0.4, 0.5) is 5.69 Å². The molecule has 2 aromatic rings. The summed E-state index contributed by atoms with van der Waals surface area (Å²) >= 11 is 0. The summed E-state index contributed by atoms with van der Waals surface area (Å²) in [5.41, 5.74) is 1.31. The molecule has 0 aromatic heterocycles. The highest BCUT2D eigenvalue weighted by Crippen LogP contribution is 2.18.